The van der Waals surface area contributed by atoms with Gasteiger partial charge in [-0.15, -0.1) is 0 Å². The van der Waals surface area contributed by atoms with Crippen molar-refractivity contribution in [3.8, 4) is 0 Å². The summed E-state index contributed by atoms with van der Waals surface area (Å²) in [4.78, 5) is 26.2. The molecule has 0 saturated carbocycles. The minimum absolute atomic E-state index is 0.190. The van der Waals surface area contributed by atoms with Crippen molar-refractivity contribution < 1.29 is 22.7 Å². The Kier molecular flexibility index (Phi) is 6.73. The van der Waals surface area contributed by atoms with Crippen LogP contribution in [0.4, 0.5) is 11.4 Å². The zero-order valence-electron chi connectivity index (χ0n) is 17.0. The number of nitrogens with zero attached hydrogens (tertiary/aromatic N) is 2. The topological polar surface area (TPSA) is 96.0 Å². The first kappa shape index (κ1) is 21.8. The van der Waals surface area contributed by atoms with Crippen molar-refractivity contribution in [2.45, 2.75) is 17.7 Å². The van der Waals surface area contributed by atoms with Gasteiger partial charge in [0.05, 0.1) is 10.5 Å². The number of sulfonamides is 1. The van der Waals surface area contributed by atoms with Crippen molar-refractivity contribution in [2.75, 3.05) is 44.0 Å². The Morgan fingerprint density at radius 3 is 2.17 bits per heavy atom. The fourth-order valence-corrected chi connectivity index (χ4v) is 4.61. The lowest BCUT2D eigenvalue weighted by molar-refractivity contribution is -0.119. The summed E-state index contributed by atoms with van der Waals surface area (Å²) in [5.41, 5.74) is 1.72. The molecule has 0 unspecified atom stereocenters. The maximum Gasteiger partial charge on any atom is 0.338 e. The summed E-state index contributed by atoms with van der Waals surface area (Å²) < 4.78 is 31.5. The lowest BCUT2D eigenvalue weighted by Gasteiger charge is -2.15. The summed E-state index contributed by atoms with van der Waals surface area (Å²) >= 11 is 0. The Morgan fingerprint density at radius 2 is 1.60 bits per heavy atom. The highest BCUT2D eigenvalue weighted by Crippen LogP contribution is 2.22. The molecule has 9 heteroatoms. The highest BCUT2D eigenvalue weighted by molar-refractivity contribution is 7.89. The van der Waals surface area contributed by atoms with E-state index in [9.17, 15) is 18.0 Å². The van der Waals surface area contributed by atoms with Crippen molar-refractivity contribution in [3.63, 3.8) is 0 Å². The zero-order valence-corrected chi connectivity index (χ0v) is 17.8. The summed E-state index contributed by atoms with van der Waals surface area (Å²) in [6.45, 7) is 0.621. The lowest BCUT2D eigenvalue weighted by atomic mass is 10.2. The van der Waals surface area contributed by atoms with Gasteiger partial charge in [-0.25, -0.2) is 13.2 Å². The Balaban J connectivity index is 1.52. The number of hydrogen-bond donors (Lipinski definition) is 1. The third kappa shape index (κ3) is 5.17. The van der Waals surface area contributed by atoms with Crippen LogP contribution in [0.15, 0.2) is 53.4 Å². The van der Waals surface area contributed by atoms with Crippen LogP contribution >= 0.6 is 0 Å². The fourth-order valence-electron chi connectivity index (χ4n) is 3.09. The maximum absolute atomic E-state index is 12.5. The monoisotopic (exact) mass is 431 g/mol. The van der Waals surface area contributed by atoms with E-state index < -0.39 is 28.5 Å². The summed E-state index contributed by atoms with van der Waals surface area (Å²) in [6.07, 6.45) is 1.73. The molecular formula is C21H25N3O5S. The van der Waals surface area contributed by atoms with E-state index in [0.717, 1.165) is 18.5 Å². The van der Waals surface area contributed by atoms with Crippen LogP contribution in [-0.2, 0) is 19.6 Å². The zero-order chi connectivity index (χ0) is 21.7. The number of hydrogen-bond acceptors (Lipinski definition) is 6. The molecule has 1 saturated heterocycles. The molecule has 0 bridgehead atoms. The van der Waals surface area contributed by atoms with Crippen molar-refractivity contribution in [3.05, 3.63) is 54.1 Å². The number of esters is 1. The van der Waals surface area contributed by atoms with E-state index in [1.807, 2.05) is 19.0 Å². The van der Waals surface area contributed by atoms with Crippen LogP contribution in [0.3, 0.4) is 0 Å². The van der Waals surface area contributed by atoms with Gasteiger partial charge < -0.3 is 15.0 Å². The molecule has 1 aliphatic rings. The highest BCUT2D eigenvalue weighted by Gasteiger charge is 2.26. The van der Waals surface area contributed by atoms with E-state index in [1.54, 1.807) is 24.3 Å². The van der Waals surface area contributed by atoms with Crippen LogP contribution in [-0.4, -0.2) is 58.4 Å². The van der Waals surface area contributed by atoms with Crippen molar-refractivity contribution in [2.24, 2.45) is 0 Å². The van der Waals surface area contributed by atoms with Crippen molar-refractivity contribution in [1.82, 2.24) is 4.31 Å². The third-order valence-electron chi connectivity index (χ3n) is 4.79. The van der Waals surface area contributed by atoms with Gasteiger partial charge in [0.15, 0.2) is 6.61 Å². The average Bonchev–Trinajstić information content (AvgIpc) is 3.28. The van der Waals surface area contributed by atoms with Gasteiger partial charge in [-0.2, -0.15) is 4.31 Å². The fraction of sp³-hybridized carbons (Fsp3) is 0.333. The number of nitrogens with one attached hydrogen (secondary N) is 1. The molecule has 0 atom stereocenters. The van der Waals surface area contributed by atoms with E-state index in [-0.39, 0.29) is 4.90 Å². The molecule has 0 spiro atoms. The summed E-state index contributed by atoms with van der Waals surface area (Å²) in [7, 11) is 0.293. The largest absolute Gasteiger partial charge is 0.452 e. The highest BCUT2D eigenvalue weighted by atomic mass is 32.2. The van der Waals surface area contributed by atoms with Crippen LogP contribution < -0.4 is 10.2 Å². The van der Waals surface area contributed by atoms with Gasteiger partial charge in [-0.05, 0) is 61.4 Å². The molecule has 3 rings (SSSR count). The predicted octanol–water partition coefficient (Wildman–Crippen LogP) is 2.33. The first-order valence-corrected chi connectivity index (χ1v) is 11.1. The van der Waals surface area contributed by atoms with Gasteiger partial charge in [-0.3, -0.25) is 4.79 Å². The second-order valence-corrected chi connectivity index (χ2v) is 9.14. The van der Waals surface area contributed by atoms with Gasteiger partial charge in [0, 0.05) is 38.6 Å². The van der Waals surface area contributed by atoms with Crippen LogP contribution in [0.5, 0.6) is 0 Å². The van der Waals surface area contributed by atoms with Gasteiger partial charge >= 0.3 is 5.97 Å². The van der Waals surface area contributed by atoms with Gasteiger partial charge in [0.1, 0.15) is 0 Å². The standard InChI is InChI=1S/C21H25N3O5S/c1-23(2)18-9-5-16(6-10-18)21(26)29-15-20(25)22-17-7-11-19(12-8-17)30(27,28)24-13-3-4-14-24/h5-12H,3-4,13-15H2,1-2H3,(H,22,25). The van der Waals surface area contributed by atoms with E-state index in [2.05, 4.69) is 5.32 Å². The van der Waals surface area contributed by atoms with Crippen molar-refractivity contribution >= 4 is 33.3 Å². The van der Waals surface area contributed by atoms with E-state index >= 15 is 0 Å². The number of anilines is 2. The molecule has 2 aromatic carbocycles. The number of benzene rings is 2. The molecule has 8 nitrogen and oxygen atoms in total. The molecule has 0 aliphatic carbocycles. The molecule has 1 amide bonds. The smallest absolute Gasteiger partial charge is 0.338 e. The molecule has 0 radical (unpaired) electrons. The average molecular weight is 432 g/mol. The SMILES string of the molecule is CN(C)c1ccc(C(=O)OCC(=O)Nc2ccc(S(=O)(=O)N3CCCC3)cc2)cc1. The molecule has 160 valence electrons. The summed E-state index contributed by atoms with van der Waals surface area (Å²) in [5, 5.41) is 2.59. The molecule has 1 N–H and O–H groups in total. The van der Waals surface area contributed by atoms with Crippen LogP contribution in [0, 0.1) is 0 Å². The molecule has 1 fully saturated rings. The van der Waals surface area contributed by atoms with Crippen LogP contribution in [0.1, 0.15) is 23.2 Å². The number of carbonyl (C=O) groups is 2. The minimum atomic E-state index is -3.50. The van der Waals surface area contributed by atoms with Crippen LogP contribution in [0.2, 0.25) is 0 Å². The Hall–Kier alpha value is -2.91. The first-order valence-electron chi connectivity index (χ1n) is 9.62. The Labute approximate surface area is 176 Å². The van der Waals surface area contributed by atoms with E-state index in [1.165, 1.54) is 28.6 Å². The minimum Gasteiger partial charge on any atom is -0.452 e. The first-order chi connectivity index (χ1) is 14.3. The normalized spacial score (nSPS) is 14.3. The number of ether oxygens (including phenoxy) is 1. The Bertz CT molecular complexity index is 996. The van der Waals surface area contributed by atoms with Crippen molar-refractivity contribution in [1.29, 1.82) is 0 Å². The van der Waals surface area contributed by atoms with Gasteiger partial charge in [-0.1, -0.05) is 0 Å². The van der Waals surface area contributed by atoms with E-state index in [4.69, 9.17) is 4.74 Å². The number of amides is 1. The second-order valence-electron chi connectivity index (χ2n) is 7.20. The molecule has 0 aromatic heterocycles. The molecule has 1 heterocycles. The third-order valence-corrected chi connectivity index (χ3v) is 6.71. The van der Waals surface area contributed by atoms with Crippen LogP contribution in [0.25, 0.3) is 0 Å². The van der Waals surface area contributed by atoms with E-state index in [0.29, 0.717) is 24.3 Å². The maximum atomic E-state index is 12.5. The second kappa shape index (κ2) is 9.27. The Morgan fingerprint density at radius 1 is 1.00 bits per heavy atom. The molecule has 30 heavy (non-hydrogen) atoms. The number of carbonyl (C=O) groups excluding carboxylic acids is 2. The summed E-state index contributed by atoms with van der Waals surface area (Å²) in [6, 6.07) is 12.8. The number of rotatable bonds is 7. The quantitative estimate of drug-likeness (QED) is 0.676. The molecule has 1 aliphatic heterocycles. The lowest BCUT2D eigenvalue weighted by Crippen LogP contribution is -2.27. The molecular weight excluding hydrogens is 406 g/mol. The predicted molar refractivity (Wildman–Crippen MR) is 114 cm³/mol. The van der Waals surface area contributed by atoms with Gasteiger partial charge in [0.25, 0.3) is 5.91 Å². The van der Waals surface area contributed by atoms with Gasteiger partial charge in [0.2, 0.25) is 10.0 Å². The summed E-state index contributed by atoms with van der Waals surface area (Å²) in [5.74, 6) is -1.11. The molecule has 2 aromatic rings.